The summed E-state index contributed by atoms with van der Waals surface area (Å²) in [5, 5.41) is 22.5. The van der Waals surface area contributed by atoms with E-state index in [2.05, 4.69) is 15.5 Å². The molecule has 3 unspecified atom stereocenters. The van der Waals surface area contributed by atoms with E-state index in [1.54, 1.807) is 30.5 Å². The lowest BCUT2D eigenvalue weighted by atomic mass is 9.99. The van der Waals surface area contributed by atoms with Gasteiger partial charge < -0.3 is 15.2 Å². The lowest BCUT2D eigenvalue weighted by Crippen LogP contribution is -2.39. The zero-order valence-electron chi connectivity index (χ0n) is 16.9. The molecule has 1 amide bonds. The second kappa shape index (κ2) is 8.44. The van der Waals surface area contributed by atoms with Gasteiger partial charge in [0, 0.05) is 28.6 Å². The number of fused-ring (bicyclic) bond motifs is 2. The van der Waals surface area contributed by atoms with Crippen LogP contribution in [0, 0.1) is 17.8 Å². The largest absolute Gasteiger partial charge is 0.488 e. The molecule has 2 fully saturated rings. The Morgan fingerprint density at radius 1 is 1.16 bits per heavy atom. The zero-order chi connectivity index (χ0) is 21.4. The minimum atomic E-state index is -0.123. The van der Waals surface area contributed by atoms with E-state index in [0.717, 1.165) is 29.5 Å². The van der Waals surface area contributed by atoms with Crippen molar-refractivity contribution >= 4 is 28.4 Å². The number of carbonyl (C=O) groups excluding carboxylic acids is 1. The van der Waals surface area contributed by atoms with Crippen LogP contribution in [0.2, 0.25) is 5.02 Å². The van der Waals surface area contributed by atoms with Gasteiger partial charge in [-0.1, -0.05) is 23.7 Å². The lowest BCUT2D eigenvalue weighted by Gasteiger charge is -2.23. The number of halogens is 1. The highest BCUT2D eigenvalue weighted by molar-refractivity contribution is 6.30. The van der Waals surface area contributed by atoms with Crippen LogP contribution < -0.4 is 10.1 Å². The number of ether oxygens (including phenoxy) is 1. The molecule has 0 saturated heterocycles. The molecule has 2 aliphatic carbocycles. The summed E-state index contributed by atoms with van der Waals surface area (Å²) < 4.78 is 6.29. The van der Waals surface area contributed by atoms with Crippen molar-refractivity contribution in [2.45, 2.75) is 31.4 Å². The number of rotatable bonds is 7. The highest BCUT2D eigenvalue weighted by Crippen LogP contribution is 2.60. The van der Waals surface area contributed by atoms with Crippen molar-refractivity contribution in [1.29, 1.82) is 0 Å². The Labute approximate surface area is 185 Å². The molecule has 7 heteroatoms. The fourth-order valence-electron chi connectivity index (χ4n) is 5.14. The third-order valence-electron chi connectivity index (χ3n) is 6.60. The topological polar surface area (TPSA) is 84.3 Å². The Morgan fingerprint density at radius 2 is 1.90 bits per heavy atom. The van der Waals surface area contributed by atoms with Crippen molar-refractivity contribution in [3.05, 3.63) is 65.3 Å². The van der Waals surface area contributed by atoms with Crippen LogP contribution >= 0.6 is 11.6 Å². The van der Waals surface area contributed by atoms with Gasteiger partial charge >= 0.3 is 0 Å². The van der Waals surface area contributed by atoms with Crippen molar-refractivity contribution in [3.8, 4) is 5.75 Å². The first-order valence-electron chi connectivity index (χ1n) is 10.7. The minimum Gasteiger partial charge on any atom is -0.488 e. The van der Waals surface area contributed by atoms with Gasteiger partial charge in [0.15, 0.2) is 0 Å². The zero-order valence-corrected chi connectivity index (χ0v) is 17.7. The van der Waals surface area contributed by atoms with E-state index in [1.165, 1.54) is 0 Å². The number of amides is 1. The molecular formula is C24H24ClN3O3. The Morgan fingerprint density at radius 3 is 2.65 bits per heavy atom. The van der Waals surface area contributed by atoms with Crippen LogP contribution in [0.4, 0.5) is 0 Å². The van der Waals surface area contributed by atoms with Crippen LogP contribution in [-0.4, -0.2) is 40.0 Å². The summed E-state index contributed by atoms with van der Waals surface area (Å²) in [4.78, 5) is 12.6. The molecular weight excluding hydrogens is 414 g/mol. The summed E-state index contributed by atoms with van der Waals surface area (Å²) in [5.74, 6) is 2.05. The van der Waals surface area contributed by atoms with Gasteiger partial charge in [0.25, 0.3) is 5.91 Å². The van der Waals surface area contributed by atoms with E-state index in [9.17, 15) is 9.90 Å². The van der Waals surface area contributed by atoms with Gasteiger partial charge in [0.1, 0.15) is 5.75 Å². The Bertz CT molecular complexity index is 1070. The number of aromatic nitrogens is 2. The van der Waals surface area contributed by atoms with E-state index in [0.29, 0.717) is 34.8 Å². The highest BCUT2D eigenvalue weighted by Gasteiger charge is 2.59. The first-order chi connectivity index (χ1) is 15.1. The van der Waals surface area contributed by atoms with Crippen molar-refractivity contribution in [1.82, 2.24) is 15.5 Å². The maximum Gasteiger partial charge on any atom is 0.251 e. The van der Waals surface area contributed by atoms with Crippen LogP contribution in [0.1, 0.15) is 29.6 Å². The van der Waals surface area contributed by atoms with Crippen molar-refractivity contribution in [3.63, 3.8) is 0 Å². The maximum atomic E-state index is 12.6. The van der Waals surface area contributed by atoms with Gasteiger partial charge in [-0.05, 0) is 73.4 Å². The number of hydrogen-bond acceptors (Lipinski definition) is 5. The smallest absolute Gasteiger partial charge is 0.251 e. The molecule has 6 nitrogen and oxygen atoms in total. The van der Waals surface area contributed by atoms with Crippen LogP contribution in [0.25, 0.3) is 10.9 Å². The maximum absolute atomic E-state index is 12.6. The van der Waals surface area contributed by atoms with Gasteiger partial charge in [-0.25, -0.2) is 0 Å². The van der Waals surface area contributed by atoms with Gasteiger partial charge in [-0.15, -0.1) is 0 Å². The van der Waals surface area contributed by atoms with Crippen LogP contribution in [0.15, 0.2) is 54.7 Å². The van der Waals surface area contributed by atoms with Crippen LogP contribution in [-0.2, 0) is 0 Å². The predicted molar refractivity (Wildman–Crippen MR) is 118 cm³/mol. The fourth-order valence-corrected chi connectivity index (χ4v) is 5.27. The molecule has 1 heterocycles. The average Bonchev–Trinajstić information content (AvgIpc) is 3.28. The van der Waals surface area contributed by atoms with Crippen molar-refractivity contribution < 1.29 is 14.6 Å². The summed E-state index contributed by atoms with van der Waals surface area (Å²) in [5.41, 5.74) is 1.41. The molecule has 0 bridgehead atoms. The van der Waals surface area contributed by atoms with Crippen molar-refractivity contribution in [2.24, 2.45) is 17.8 Å². The highest BCUT2D eigenvalue weighted by atomic mass is 35.5. The summed E-state index contributed by atoms with van der Waals surface area (Å²) in [6, 6.07) is 14.7. The monoisotopic (exact) mass is 437 g/mol. The fraction of sp³-hybridized carbons (Fsp3) is 0.375. The number of hydrogen-bond donors (Lipinski definition) is 2. The molecule has 0 aliphatic heterocycles. The molecule has 3 aromatic rings. The standard InChI is InChI=1S/C24H24ClN3O3/c25-15-7-5-14(6-8-15)24(30)27-21(9-10-29)23-18-11-16(12-19(18)23)31-22-13-26-28-20-4-2-1-3-17(20)22/h1-8,13,16,18-19,21,23,29H,9-12H2,(H,27,30)/t16?,18-,19+,21?,23?. The first kappa shape index (κ1) is 20.2. The van der Waals surface area contributed by atoms with Crippen LogP contribution in [0.3, 0.4) is 0 Å². The molecule has 0 radical (unpaired) electrons. The molecule has 2 aliphatic rings. The van der Waals surface area contributed by atoms with E-state index in [1.807, 2.05) is 24.3 Å². The summed E-state index contributed by atoms with van der Waals surface area (Å²) in [6.45, 7) is 0.0517. The number of nitrogens with one attached hydrogen (secondary N) is 1. The Hall–Kier alpha value is -2.70. The van der Waals surface area contributed by atoms with E-state index in [-0.39, 0.29) is 24.7 Å². The van der Waals surface area contributed by atoms with Crippen LogP contribution in [0.5, 0.6) is 5.75 Å². The molecule has 2 saturated carbocycles. The van der Waals surface area contributed by atoms with Gasteiger partial charge in [-0.2, -0.15) is 10.2 Å². The molecule has 1 aromatic heterocycles. The molecule has 31 heavy (non-hydrogen) atoms. The molecule has 2 N–H and O–H groups in total. The minimum absolute atomic E-state index is 0.0347. The molecule has 0 spiro atoms. The summed E-state index contributed by atoms with van der Waals surface area (Å²) in [6.07, 6.45) is 4.28. The second-order valence-corrected chi connectivity index (χ2v) is 8.88. The van der Waals surface area contributed by atoms with E-state index >= 15 is 0 Å². The molecule has 5 atom stereocenters. The summed E-state index contributed by atoms with van der Waals surface area (Å²) in [7, 11) is 0. The predicted octanol–water partition coefficient (Wildman–Crippen LogP) is 3.87. The molecule has 5 rings (SSSR count). The normalized spacial score (nSPS) is 25.1. The van der Waals surface area contributed by atoms with E-state index in [4.69, 9.17) is 16.3 Å². The molecule has 160 valence electrons. The summed E-state index contributed by atoms with van der Waals surface area (Å²) >= 11 is 5.92. The first-order valence-corrected chi connectivity index (χ1v) is 11.1. The number of benzene rings is 2. The Kier molecular flexibility index (Phi) is 5.50. The number of carbonyl (C=O) groups is 1. The average molecular weight is 438 g/mol. The second-order valence-electron chi connectivity index (χ2n) is 8.44. The Balaban J connectivity index is 1.21. The number of nitrogens with zero attached hydrogens (tertiary/aromatic N) is 2. The number of aliphatic hydroxyl groups is 1. The van der Waals surface area contributed by atoms with Gasteiger partial charge in [0.05, 0.1) is 17.8 Å². The van der Waals surface area contributed by atoms with E-state index < -0.39 is 0 Å². The van der Waals surface area contributed by atoms with Gasteiger partial charge in [-0.3, -0.25) is 4.79 Å². The third-order valence-corrected chi connectivity index (χ3v) is 6.85. The molecule has 2 aromatic carbocycles. The number of aliphatic hydroxyl groups excluding tert-OH is 1. The van der Waals surface area contributed by atoms with Crippen molar-refractivity contribution in [2.75, 3.05) is 6.61 Å². The lowest BCUT2D eigenvalue weighted by molar-refractivity contribution is 0.0916. The third kappa shape index (κ3) is 4.10. The van der Waals surface area contributed by atoms with Gasteiger partial charge in [0.2, 0.25) is 0 Å². The SMILES string of the molecule is O=C(NC(CCO)C1[C@H]2CC(Oc3cnnc4ccccc34)C[C@@H]12)c1ccc(Cl)cc1. The quantitative estimate of drug-likeness (QED) is 0.586.